The lowest BCUT2D eigenvalue weighted by Crippen LogP contribution is -2.39. The van der Waals surface area contributed by atoms with Crippen molar-refractivity contribution in [2.45, 2.75) is 64.5 Å². The number of fused-ring (bicyclic) bond motifs is 1. The maximum atomic E-state index is 12.9. The molecule has 2 heterocycles. The molecule has 0 atom stereocenters. The smallest absolute Gasteiger partial charge is 0.265 e. The van der Waals surface area contributed by atoms with E-state index < -0.39 is 5.91 Å². The Morgan fingerprint density at radius 1 is 0.943 bits per heavy atom. The number of amides is 1. The molecule has 6 heteroatoms. The highest BCUT2D eigenvalue weighted by Gasteiger charge is 2.25. The van der Waals surface area contributed by atoms with Crippen molar-refractivity contribution < 1.29 is 9.18 Å². The number of hydrogen-bond donors (Lipinski definition) is 3. The first kappa shape index (κ1) is 28.3. The van der Waals surface area contributed by atoms with Gasteiger partial charge in [0.15, 0.2) is 0 Å². The molecule has 2 aromatic carbocycles. The Kier molecular flexibility index (Phi) is 11.7. The quantitative estimate of drug-likeness (QED) is 0.387. The van der Waals surface area contributed by atoms with Gasteiger partial charge in [0.1, 0.15) is 11.5 Å². The van der Waals surface area contributed by atoms with Crippen LogP contribution in [0.25, 0.3) is 22.0 Å². The third kappa shape index (κ3) is 8.05. The van der Waals surface area contributed by atoms with E-state index in [-0.39, 0.29) is 5.82 Å². The highest BCUT2D eigenvalue weighted by molar-refractivity contribution is 5.97. The number of nitrogens with zero attached hydrogens (tertiary/aromatic N) is 1. The second-order valence-electron chi connectivity index (χ2n) is 8.67. The fraction of sp³-hybridized carbons (Fsp3) is 0.414. The number of benzene rings is 2. The maximum Gasteiger partial charge on any atom is 0.265 e. The zero-order valence-electron chi connectivity index (χ0n) is 21.2. The summed E-state index contributed by atoms with van der Waals surface area (Å²) in [7, 11) is 0. The molecule has 0 bridgehead atoms. The largest absolute Gasteiger partial charge is 0.364 e. The van der Waals surface area contributed by atoms with Crippen LogP contribution in [0, 0.1) is 5.82 Å². The van der Waals surface area contributed by atoms with Crippen molar-refractivity contribution in [3.63, 3.8) is 0 Å². The first-order chi connectivity index (χ1) is 17.0. The topological polar surface area (TPSA) is 88.1 Å². The fourth-order valence-corrected chi connectivity index (χ4v) is 4.66. The first-order valence-electron chi connectivity index (χ1n) is 12.7. The van der Waals surface area contributed by atoms with Crippen molar-refractivity contribution in [1.29, 1.82) is 0 Å². The summed E-state index contributed by atoms with van der Waals surface area (Å²) in [6.45, 7) is 12.7. The predicted molar refractivity (Wildman–Crippen MR) is 146 cm³/mol. The van der Waals surface area contributed by atoms with Crippen LogP contribution in [0.3, 0.4) is 0 Å². The van der Waals surface area contributed by atoms with E-state index in [0.717, 1.165) is 28.1 Å². The van der Waals surface area contributed by atoms with Gasteiger partial charge in [0.05, 0.1) is 0 Å². The summed E-state index contributed by atoms with van der Waals surface area (Å²) in [4.78, 5) is 16.8. The molecule has 1 saturated heterocycles. The first-order valence-corrected chi connectivity index (χ1v) is 12.7. The molecule has 0 radical (unpaired) electrons. The number of likely N-dealkylation sites (tertiary alicyclic amines) is 1. The normalized spacial score (nSPS) is 19.4. The molecule has 3 aromatic rings. The third-order valence-electron chi connectivity index (χ3n) is 6.46. The number of nitrogens with one attached hydrogen (secondary N) is 1. The minimum absolute atomic E-state index is 0.263. The summed E-state index contributed by atoms with van der Waals surface area (Å²) in [5.41, 5.74) is 14.2. The van der Waals surface area contributed by atoms with Crippen molar-refractivity contribution >= 4 is 16.8 Å². The second-order valence-corrected chi connectivity index (χ2v) is 8.67. The minimum atomic E-state index is -0.487. The summed E-state index contributed by atoms with van der Waals surface area (Å²) in [6.07, 6.45) is 8.04. The molecular formula is C29H41FN4O. The summed E-state index contributed by atoms with van der Waals surface area (Å²) < 4.78 is 12.9. The summed E-state index contributed by atoms with van der Waals surface area (Å²) in [6, 6.07) is 15.1. The average Bonchev–Trinajstić information content (AvgIpc) is 3.58. The van der Waals surface area contributed by atoms with E-state index in [9.17, 15) is 9.18 Å². The van der Waals surface area contributed by atoms with Crippen molar-refractivity contribution in [2.75, 3.05) is 13.1 Å². The van der Waals surface area contributed by atoms with E-state index in [2.05, 4.69) is 23.0 Å². The lowest BCUT2D eigenvalue weighted by atomic mass is 9.91. The number of aromatic nitrogens is 1. The zero-order valence-corrected chi connectivity index (χ0v) is 21.2. The van der Waals surface area contributed by atoms with Crippen LogP contribution in [0.2, 0.25) is 0 Å². The maximum absolute atomic E-state index is 12.9. The third-order valence-corrected chi connectivity index (χ3v) is 6.46. The fourth-order valence-electron chi connectivity index (χ4n) is 4.66. The van der Waals surface area contributed by atoms with E-state index in [1.165, 1.54) is 63.7 Å². The van der Waals surface area contributed by atoms with Crippen molar-refractivity contribution in [2.24, 2.45) is 11.5 Å². The number of halogens is 1. The molecule has 5 rings (SSSR count). The lowest BCUT2D eigenvalue weighted by molar-refractivity contribution is 0.0996. The molecule has 5 N–H and O–H groups in total. The number of primary amides is 1. The van der Waals surface area contributed by atoms with Gasteiger partial charge in [-0.1, -0.05) is 38.1 Å². The minimum Gasteiger partial charge on any atom is -0.364 e. The number of H-pyrrole nitrogens is 1. The van der Waals surface area contributed by atoms with Crippen LogP contribution in [0.5, 0.6) is 0 Å². The molecule has 5 nitrogen and oxygen atoms in total. The molecule has 1 aliphatic heterocycles. The van der Waals surface area contributed by atoms with Gasteiger partial charge in [-0.2, -0.15) is 0 Å². The Morgan fingerprint density at radius 3 is 2.09 bits per heavy atom. The Morgan fingerprint density at radius 2 is 1.51 bits per heavy atom. The van der Waals surface area contributed by atoms with E-state index >= 15 is 0 Å². The molecule has 2 aliphatic rings. The molecule has 1 saturated carbocycles. The molecule has 190 valence electrons. The van der Waals surface area contributed by atoms with Crippen molar-refractivity contribution in [1.82, 2.24) is 9.88 Å². The van der Waals surface area contributed by atoms with Gasteiger partial charge in [-0.05, 0) is 87.0 Å². The van der Waals surface area contributed by atoms with Gasteiger partial charge in [0.2, 0.25) is 0 Å². The predicted octanol–water partition coefficient (Wildman–Crippen LogP) is 6.25. The molecule has 2 fully saturated rings. The van der Waals surface area contributed by atoms with Crippen molar-refractivity contribution in [3.8, 4) is 11.1 Å². The summed E-state index contributed by atoms with van der Waals surface area (Å²) in [5.74, 6) is -0.750. The van der Waals surface area contributed by atoms with Gasteiger partial charge >= 0.3 is 0 Å². The standard InChI is InChI=1S/C15H11FN2O.C10H20N2.C2H6.C2H4/c16-12-5-3-9(4-6-12)10-1-2-11-8-14(15(17)19)18-13(11)7-10;11-9-3-5-10(6-4-9)12-7-1-2-8-12;2*1-2/h1-8,18H,(H2,17,19);9-10H,1-8,11H2;1-2H3;1-2H2. The molecule has 1 amide bonds. The number of nitrogens with two attached hydrogens (primary N) is 2. The van der Waals surface area contributed by atoms with Gasteiger partial charge in [-0.3, -0.25) is 4.79 Å². The monoisotopic (exact) mass is 480 g/mol. The van der Waals surface area contributed by atoms with Crippen LogP contribution in [0.1, 0.15) is 62.9 Å². The second kappa shape index (κ2) is 14.4. The van der Waals surface area contributed by atoms with Crippen LogP contribution in [-0.4, -0.2) is 41.0 Å². The van der Waals surface area contributed by atoms with Crippen LogP contribution in [-0.2, 0) is 0 Å². The Hall–Kier alpha value is -2.96. The molecule has 1 aliphatic carbocycles. The van der Waals surface area contributed by atoms with E-state index in [0.29, 0.717) is 11.7 Å². The van der Waals surface area contributed by atoms with Crippen LogP contribution < -0.4 is 11.5 Å². The highest BCUT2D eigenvalue weighted by Crippen LogP contribution is 2.26. The van der Waals surface area contributed by atoms with Gasteiger partial charge in [-0.15, -0.1) is 13.2 Å². The zero-order chi connectivity index (χ0) is 25.8. The van der Waals surface area contributed by atoms with Gasteiger partial charge < -0.3 is 21.4 Å². The Balaban J connectivity index is 0.000000233. The molecule has 35 heavy (non-hydrogen) atoms. The van der Waals surface area contributed by atoms with Gasteiger partial charge in [0, 0.05) is 23.0 Å². The number of hydrogen-bond acceptors (Lipinski definition) is 3. The van der Waals surface area contributed by atoms with Crippen LogP contribution in [0.4, 0.5) is 4.39 Å². The van der Waals surface area contributed by atoms with Gasteiger partial charge in [-0.25, -0.2) is 4.39 Å². The number of rotatable bonds is 3. The lowest BCUT2D eigenvalue weighted by Gasteiger charge is -2.33. The van der Waals surface area contributed by atoms with Crippen LogP contribution >= 0.6 is 0 Å². The molecule has 1 aromatic heterocycles. The van der Waals surface area contributed by atoms with Gasteiger partial charge in [0.25, 0.3) is 5.91 Å². The SMILES string of the molecule is C=C.CC.NC(=O)c1cc2ccc(-c3ccc(F)cc3)cc2[nH]1.NC1CCC(N2CCCC2)CC1. The summed E-state index contributed by atoms with van der Waals surface area (Å²) >= 11 is 0. The number of carbonyl (C=O) groups is 1. The van der Waals surface area contributed by atoms with E-state index in [1.807, 2.05) is 32.0 Å². The number of aromatic amines is 1. The molecule has 0 spiro atoms. The molecule has 0 unspecified atom stereocenters. The number of carbonyl (C=O) groups excluding carboxylic acids is 1. The molecular weight excluding hydrogens is 439 g/mol. The van der Waals surface area contributed by atoms with E-state index in [1.54, 1.807) is 18.2 Å². The van der Waals surface area contributed by atoms with Crippen molar-refractivity contribution in [3.05, 3.63) is 73.2 Å². The highest BCUT2D eigenvalue weighted by atomic mass is 19.1. The van der Waals surface area contributed by atoms with Crippen LogP contribution in [0.15, 0.2) is 61.7 Å². The Labute approximate surface area is 209 Å². The summed E-state index contributed by atoms with van der Waals surface area (Å²) in [5, 5.41) is 0.916. The Bertz CT molecular complexity index is 1030. The average molecular weight is 481 g/mol. The van der Waals surface area contributed by atoms with E-state index in [4.69, 9.17) is 11.5 Å².